The summed E-state index contributed by atoms with van der Waals surface area (Å²) in [6, 6.07) is 9.90. The fourth-order valence-corrected chi connectivity index (χ4v) is 2.25. The van der Waals surface area contributed by atoms with Crippen LogP contribution in [0.1, 0.15) is 21.5 Å². The Labute approximate surface area is 142 Å². The van der Waals surface area contributed by atoms with Crippen LogP contribution in [-0.4, -0.2) is 25.0 Å². The average Bonchev–Trinajstić information content (AvgIpc) is 2.60. The van der Waals surface area contributed by atoms with Crippen molar-refractivity contribution < 1.29 is 23.1 Å². The maximum Gasteiger partial charge on any atom is 0.328 e. The van der Waals surface area contributed by atoms with Crippen molar-refractivity contribution >= 4 is 11.9 Å². The number of nitrogens with zero attached hydrogens (tertiary/aromatic N) is 1. The lowest BCUT2D eigenvalue weighted by molar-refractivity contribution is -0.142. The van der Waals surface area contributed by atoms with Crippen LogP contribution in [0.5, 0.6) is 0 Å². The zero-order chi connectivity index (χ0) is 18.4. The Hall–Kier alpha value is -3.27. The van der Waals surface area contributed by atoms with Crippen molar-refractivity contribution in [2.24, 2.45) is 0 Å². The Bertz CT molecular complexity index is 846. The zero-order valence-corrected chi connectivity index (χ0v) is 13.3. The largest absolute Gasteiger partial charge is 0.467 e. The normalized spacial score (nSPS) is 11.3. The monoisotopic (exact) mass is 344 g/mol. The van der Waals surface area contributed by atoms with E-state index in [0.717, 1.165) is 19.2 Å². The van der Waals surface area contributed by atoms with Gasteiger partial charge in [-0.1, -0.05) is 12.1 Å². The van der Waals surface area contributed by atoms with Gasteiger partial charge in [-0.25, -0.2) is 13.6 Å². The van der Waals surface area contributed by atoms with Crippen LogP contribution in [-0.2, 0) is 16.0 Å². The summed E-state index contributed by atoms with van der Waals surface area (Å²) in [5.74, 6) is -3.44. The molecule has 0 heterocycles. The predicted molar refractivity (Wildman–Crippen MR) is 84.5 cm³/mol. The highest BCUT2D eigenvalue weighted by Crippen LogP contribution is 2.12. The Morgan fingerprint density at radius 3 is 2.64 bits per heavy atom. The van der Waals surface area contributed by atoms with Crippen molar-refractivity contribution in [2.75, 3.05) is 7.11 Å². The van der Waals surface area contributed by atoms with Crippen molar-refractivity contribution in [1.82, 2.24) is 5.32 Å². The van der Waals surface area contributed by atoms with Gasteiger partial charge in [0.1, 0.15) is 17.7 Å². The summed E-state index contributed by atoms with van der Waals surface area (Å²) in [6.07, 6.45) is 0.0523. The number of nitriles is 1. The van der Waals surface area contributed by atoms with Gasteiger partial charge in [0.05, 0.1) is 24.3 Å². The number of benzene rings is 2. The van der Waals surface area contributed by atoms with Gasteiger partial charge in [-0.3, -0.25) is 4.79 Å². The van der Waals surface area contributed by atoms with Gasteiger partial charge >= 0.3 is 5.97 Å². The summed E-state index contributed by atoms with van der Waals surface area (Å²) >= 11 is 0. The molecule has 0 bridgehead atoms. The van der Waals surface area contributed by atoms with Gasteiger partial charge in [0.25, 0.3) is 5.91 Å². The standard InChI is InChI=1S/C18H14F2N2O3/c1-25-18(24)16(8-11-3-2-4-12(7-11)10-21)22-17(23)14-6-5-13(19)9-15(14)20/h2-7,9,16H,8H2,1H3,(H,22,23)/t16-/m0/s1. The van der Waals surface area contributed by atoms with E-state index in [1.165, 1.54) is 0 Å². The minimum absolute atomic E-state index is 0.0523. The van der Waals surface area contributed by atoms with Crippen molar-refractivity contribution in [3.63, 3.8) is 0 Å². The molecule has 0 unspecified atom stereocenters. The summed E-state index contributed by atoms with van der Waals surface area (Å²) in [4.78, 5) is 24.1. The fraction of sp³-hybridized carbons (Fsp3) is 0.167. The molecule has 2 aromatic rings. The Kier molecular flexibility index (Phi) is 5.79. The molecule has 0 aromatic heterocycles. The molecule has 1 N–H and O–H groups in total. The first kappa shape index (κ1) is 18.1. The van der Waals surface area contributed by atoms with Crippen LogP contribution >= 0.6 is 0 Å². The van der Waals surface area contributed by atoms with Crippen molar-refractivity contribution in [3.05, 3.63) is 70.8 Å². The molecular formula is C18H14F2N2O3. The first-order chi connectivity index (χ1) is 11.9. The van der Waals surface area contributed by atoms with Crippen LogP contribution in [0.2, 0.25) is 0 Å². The SMILES string of the molecule is COC(=O)[C@H](Cc1cccc(C#N)c1)NC(=O)c1ccc(F)cc1F. The summed E-state index contributed by atoms with van der Waals surface area (Å²) in [7, 11) is 1.16. The van der Waals surface area contributed by atoms with E-state index >= 15 is 0 Å². The second-order valence-corrected chi connectivity index (χ2v) is 5.19. The second-order valence-electron chi connectivity index (χ2n) is 5.19. The fourth-order valence-electron chi connectivity index (χ4n) is 2.25. The van der Waals surface area contributed by atoms with E-state index in [0.29, 0.717) is 17.2 Å². The summed E-state index contributed by atoms with van der Waals surface area (Å²) in [5.41, 5.74) is 0.632. The number of amides is 1. The number of carbonyl (C=O) groups excluding carboxylic acids is 2. The number of esters is 1. The summed E-state index contributed by atoms with van der Waals surface area (Å²) < 4.78 is 31.3. The van der Waals surface area contributed by atoms with Crippen molar-refractivity contribution in [1.29, 1.82) is 5.26 Å². The minimum Gasteiger partial charge on any atom is -0.467 e. The topological polar surface area (TPSA) is 79.2 Å². The Morgan fingerprint density at radius 2 is 2.00 bits per heavy atom. The molecule has 5 nitrogen and oxygen atoms in total. The van der Waals surface area contributed by atoms with E-state index in [4.69, 9.17) is 5.26 Å². The Morgan fingerprint density at radius 1 is 1.24 bits per heavy atom. The summed E-state index contributed by atoms with van der Waals surface area (Å²) in [5, 5.41) is 11.3. The molecule has 1 amide bonds. The Balaban J connectivity index is 2.21. The van der Waals surface area contributed by atoms with Crippen LogP contribution in [0.15, 0.2) is 42.5 Å². The van der Waals surface area contributed by atoms with Crippen LogP contribution in [0.25, 0.3) is 0 Å². The quantitative estimate of drug-likeness (QED) is 0.845. The molecule has 1 atom stereocenters. The molecule has 25 heavy (non-hydrogen) atoms. The smallest absolute Gasteiger partial charge is 0.328 e. The lowest BCUT2D eigenvalue weighted by Crippen LogP contribution is -2.43. The van der Waals surface area contributed by atoms with Gasteiger partial charge in [0.2, 0.25) is 0 Å². The summed E-state index contributed by atoms with van der Waals surface area (Å²) in [6.45, 7) is 0. The third kappa shape index (κ3) is 4.61. The van der Waals surface area contributed by atoms with E-state index in [1.807, 2.05) is 6.07 Å². The maximum atomic E-state index is 13.7. The van der Waals surface area contributed by atoms with E-state index in [9.17, 15) is 18.4 Å². The molecule has 0 fully saturated rings. The average molecular weight is 344 g/mol. The van der Waals surface area contributed by atoms with Crippen molar-refractivity contribution in [3.8, 4) is 6.07 Å². The highest BCUT2D eigenvalue weighted by molar-refractivity contribution is 5.97. The number of rotatable bonds is 5. The van der Waals surface area contributed by atoms with Gasteiger partial charge in [0, 0.05) is 12.5 Å². The highest BCUT2D eigenvalue weighted by atomic mass is 19.1. The number of nitrogens with one attached hydrogen (secondary N) is 1. The number of hydrogen-bond acceptors (Lipinski definition) is 4. The van der Waals surface area contributed by atoms with E-state index < -0.39 is 29.6 Å². The first-order valence-corrected chi connectivity index (χ1v) is 7.27. The number of halogens is 2. The lowest BCUT2D eigenvalue weighted by Gasteiger charge is -2.17. The molecular weight excluding hydrogens is 330 g/mol. The maximum absolute atomic E-state index is 13.7. The van der Waals surface area contributed by atoms with Gasteiger partial charge in [-0.15, -0.1) is 0 Å². The number of ether oxygens (including phenoxy) is 1. The molecule has 2 aromatic carbocycles. The first-order valence-electron chi connectivity index (χ1n) is 7.27. The molecule has 0 spiro atoms. The van der Waals surface area contributed by atoms with Crippen LogP contribution in [0.3, 0.4) is 0 Å². The molecule has 0 aliphatic heterocycles. The second kappa shape index (κ2) is 8.02. The van der Waals surface area contributed by atoms with Gasteiger partial charge < -0.3 is 10.1 Å². The predicted octanol–water partition coefficient (Wildman–Crippen LogP) is 2.35. The number of methoxy groups -OCH3 is 1. The van der Waals surface area contributed by atoms with Crippen LogP contribution in [0.4, 0.5) is 8.78 Å². The van der Waals surface area contributed by atoms with Gasteiger partial charge in [-0.05, 0) is 29.8 Å². The van der Waals surface area contributed by atoms with Crippen molar-refractivity contribution in [2.45, 2.75) is 12.5 Å². The van der Waals surface area contributed by atoms with E-state index in [1.54, 1.807) is 24.3 Å². The number of hydrogen-bond donors (Lipinski definition) is 1. The van der Waals surface area contributed by atoms with Crippen LogP contribution < -0.4 is 5.32 Å². The molecule has 2 rings (SSSR count). The van der Waals surface area contributed by atoms with Gasteiger partial charge in [-0.2, -0.15) is 5.26 Å². The van der Waals surface area contributed by atoms with Gasteiger partial charge in [0.15, 0.2) is 0 Å². The molecule has 0 saturated heterocycles. The molecule has 128 valence electrons. The lowest BCUT2D eigenvalue weighted by atomic mass is 10.0. The minimum atomic E-state index is -1.09. The molecule has 0 aliphatic rings. The highest BCUT2D eigenvalue weighted by Gasteiger charge is 2.24. The molecule has 7 heteroatoms. The third-order valence-corrected chi connectivity index (χ3v) is 3.46. The molecule has 0 radical (unpaired) electrons. The van der Waals surface area contributed by atoms with E-state index in [2.05, 4.69) is 10.1 Å². The van der Waals surface area contributed by atoms with Crippen LogP contribution in [0, 0.1) is 23.0 Å². The molecule has 0 saturated carbocycles. The molecule has 0 aliphatic carbocycles. The zero-order valence-electron chi connectivity index (χ0n) is 13.3. The van der Waals surface area contributed by atoms with E-state index in [-0.39, 0.29) is 12.0 Å². The third-order valence-electron chi connectivity index (χ3n) is 3.46. The number of carbonyl (C=O) groups is 2.